The molecule has 0 aliphatic heterocycles. The van der Waals surface area contributed by atoms with E-state index in [9.17, 15) is 4.79 Å². The summed E-state index contributed by atoms with van der Waals surface area (Å²) in [5, 5.41) is 15.8. The highest BCUT2D eigenvalue weighted by atomic mass is 16.4. The number of aryl methyl sites for hydroxylation is 1. The molecule has 0 aliphatic carbocycles. The normalized spacial score (nSPS) is 12.7. The zero-order valence-corrected chi connectivity index (χ0v) is 9.32. The number of aromatic nitrogens is 2. The van der Waals surface area contributed by atoms with Crippen molar-refractivity contribution in [2.45, 2.75) is 32.9 Å². The van der Waals surface area contributed by atoms with E-state index in [-0.39, 0.29) is 12.5 Å². The molecule has 5 nitrogen and oxygen atoms in total. The molecule has 1 rings (SSSR count). The molecule has 0 aliphatic rings. The number of nitrogens with zero attached hydrogens (tertiary/aromatic N) is 2. The van der Waals surface area contributed by atoms with Crippen molar-refractivity contribution < 1.29 is 9.90 Å². The third-order valence-electron chi connectivity index (χ3n) is 2.46. The van der Waals surface area contributed by atoms with Crippen LogP contribution in [0, 0.1) is 6.92 Å². The van der Waals surface area contributed by atoms with E-state index in [1.54, 1.807) is 10.9 Å². The predicted octanol–water partition coefficient (Wildman–Crippen LogP) is 0.681. The van der Waals surface area contributed by atoms with Crippen LogP contribution in [0.5, 0.6) is 0 Å². The molecule has 15 heavy (non-hydrogen) atoms. The van der Waals surface area contributed by atoms with Crippen LogP contribution in [0.1, 0.15) is 24.6 Å². The fourth-order valence-corrected chi connectivity index (χ4v) is 1.34. The maximum Gasteiger partial charge on any atom is 0.304 e. The summed E-state index contributed by atoms with van der Waals surface area (Å²) in [6, 6.07) is -0.0258. The van der Waals surface area contributed by atoms with Gasteiger partial charge >= 0.3 is 5.97 Å². The van der Waals surface area contributed by atoms with Crippen molar-refractivity contribution in [1.29, 1.82) is 0 Å². The van der Waals surface area contributed by atoms with Gasteiger partial charge in [-0.2, -0.15) is 5.10 Å². The Morgan fingerprint density at radius 1 is 1.73 bits per heavy atom. The average Bonchev–Trinajstić information content (AvgIpc) is 2.44. The smallest absolute Gasteiger partial charge is 0.304 e. The lowest BCUT2D eigenvalue weighted by Gasteiger charge is -2.10. The van der Waals surface area contributed by atoms with Crippen LogP contribution in [0.4, 0.5) is 0 Å². The van der Waals surface area contributed by atoms with Gasteiger partial charge in [-0.1, -0.05) is 0 Å². The van der Waals surface area contributed by atoms with E-state index in [1.807, 2.05) is 20.9 Å². The number of carbonyl (C=O) groups is 1. The largest absolute Gasteiger partial charge is 0.481 e. The molecule has 0 aromatic carbocycles. The third-order valence-corrected chi connectivity index (χ3v) is 2.46. The Hall–Kier alpha value is -1.36. The quantitative estimate of drug-likeness (QED) is 0.751. The monoisotopic (exact) mass is 211 g/mol. The van der Waals surface area contributed by atoms with Crippen LogP contribution < -0.4 is 5.32 Å². The summed E-state index contributed by atoms with van der Waals surface area (Å²) < 4.78 is 1.80. The molecule has 0 spiro atoms. The van der Waals surface area contributed by atoms with Crippen molar-refractivity contribution >= 4 is 5.97 Å². The molecule has 84 valence electrons. The van der Waals surface area contributed by atoms with Gasteiger partial charge in [-0.25, -0.2) is 0 Å². The van der Waals surface area contributed by atoms with Gasteiger partial charge < -0.3 is 10.4 Å². The molecule has 1 unspecified atom stereocenters. The highest BCUT2D eigenvalue weighted by Gasteiger charge is 2.08. The fourth-order valence-electron chi connectivity index (χ4n) is 1.34. The van der Waals surface area contributed by atoms with Gasteiger partial charge in [0.15, 0.2) is 0 Å². The van der Waals surface area contributed by atoms with Gasteiger partial charge in [0.25, 0.3) is 0 Å². The predicted molar refractivity (Wildman–Crippen MR) is 56.5 cm³/mol. The Kier molecular flexibility index (Phi) is 3.85. The van der Waals surface area contributed by atoms with Crippen molar-refractivity contribution in [3.05, 3.63) is 17.5 Å². The maximum absolute atomic E-state index is 10.4. The van der Waals surface area contributed by atoms with Gasteiger partial charge in [-0.05, 0) is 13.8 Å². The molecule has 0 radical (unpaired) electrons. The van der Waals surface area contributed by atoms with E-state index < -0.39 is 5.97 Å². The lowest BCUT2D eigenvalue weighted by atomic mass is 10.2. The van der Waals surface area contributed by atoms with E-state index in [0.717, 1.165) is 11.3 Å². The fraction of sp³-hybridized carbons (Fsp3) is 0.600. The number of aliphatic carboxylic acids is 1. The minimum Gasteiger partial charge on any atom is -0.481 e. The van der Waals surface area contributed by atoms with E-state index in [0.29, 0.717) is 6.54 Å². The standard InChI is InChI=1S/C10H17N3O2/c1-7(4-10(14)15)11-5-9-6-12-13(3)8(9)2/h6-7,11H,4-5H2,1-3H3,(H,14,15). The number of nitrogens with one attached hydrogen (secondary N) is 1. The van der Waals surface area contributed by atoms with E-state index in [4.69, 9.17) is 5.11 Å². The molecule has 2 N–H and O–H groups in total. The van der Waals surface area contributed by atoms with Crippen LogP contribution in [0.3, 0.4) is 0 Å². The Balaban J connectivity index is 2.43. The van der Waals surface area contributed by atoms with Crippen molar-refractivity contribution in [3.8, 4) is 0 Å². The minimum atomic E-state index is -0.780. The highest BCUT2D eigenvalue weighted by Crippen LogP contribution is 2.05. The van der Waals surface area contributed by atoms with Gasteiger partial charge in [0.05, 0.1) is 12.6 Å². The van der Waals surface area contributed by atoms with Crippen LogP contribution in [-0.4, -0.2) is 26.9 Å². The summed E-state index contributed by atoms with van der Waals surface area (Å²) in [5.41, 5.74) is 2.21. The van der Waals surface area contributed by atoms with Crippen LogP contribution in [0.15, 0.2) is 6.20 Å². The second kappa shape index (κ2) is 4.93. The number of carboxylic acids is 1. The van der Waals surface area contributed by atoms with E-state index in [2.05, 4.69) is 10.4 Å². The molecular weight excluding hydrogens is 194 g/mol. The molecule has 0 saturated carbocycles. The van der Waals surface area contributed by atoms with Crippen molar-refractivity contribution in [1.82, 2.24) is 15.1 Å². The van der Waals surface area contributed by atoms with Crippen LogP contribution in [0.2, 0.25) is 0 Å². The van der Waals surface area contributed by atoms with Crippen LogP contribution in [-0.2, 0) is 18.4 Å². The Labute approximate surface area is 89.1 Å². The van der Waals surface area contributed by atoms with Gasteiger partial charge in [0.1, 0.15) is 0 Å². The SMILES string of the molecule is Cc1c(CNC(C)CC(=O)O)cnn1C. The zero-order chi connectivity index (χ0) is 11.4. The molecule has 1 atom stereocenters. The van der Waals surface area contributed by atoms with Gasteiger partial charge in [0.2, 0.25) is 0 Å². The van der Waals surface area contributed by atoms with Crippen molar-refractivity contribution in [3.63, 3.8) is 0 Å². The molecule has 0 amide bonds. The second-order valence-electron chi connectivity index (χ2n) is 3.76. The second-order valence-corrected chi connectivity index (χ2v) is 3.76. The van der Waals surface area contributed by atoms with Crippen molar-refractivity contribution in [2.75, 3.05) is 0 Å². The summed E-state index contributed by atoms with van der Waals surface area (Å²) in [4.78, 5) is 10.4. The summed E-state index contributed by atoms with van der Waals surface area (Å²) in [7, 11) is 1.89. The first kappa shape index (κ1) is 11.7. The van der Waals surface area contributed by atoms with E-state index >= 15 is 0 Å². The molecule has 5 heteroatoms. The molecular formula is C10H17N3O2. The van der Waals surface area contributed by atoms with Gasteiger partial charge in [-0.3, -0.25) is 9.48 Å². The van der Waals surface area contributed by atoms with E-state index in [1.165, 1.54) is 0 Å². The number of rotatable bonds is 5. The summed E-state index contributed by atoms with van der Waals surface area (Å²) in [5.74, 6) is -0.780. The van der Waals surface area contributed by atoms with Gasteiger partial charge in [-0.15, -0.1) is 0 Å². The molecule has 0 fully saturated rings. The van der Waals surface area contributed by atoms with Crippen LogP contribution >= 0.6 is 0 Å². The molecule has 0 bridgehead atoms. The summed E-state index contributed by atoms with van der Waals surface area (Å²) >= 11 is 0. The Bertz CT molecular complexity index is 346. The Morgan fingerprint density at radius 3 is 2.87 bits per heavy atom. The van der Waals surface area contributed by atoms with Gasteiger partial charge in [0, 0.05) is 30.9 Å². The lowest BCUT2D eigenvalue weighted by Crippen LogP contribution is -2.28. The Morgan fingerprint density at radius 2 is 2.40 bits per heavy atom. The first-order valence-electron chi connectivity index (χ1n) is 4.93. The van der Waals surface area contributed by atoms with Crippen LogP contribution in [0.25, 0.3) is 0 Å². The number of hydrogen-bond acceptors (Lipinski definition) is 3. The molecule has 0 saturated heterocycles. The molecule has 1 aromatic heterocycles. The number of carboxylic acid groups (broad SMARTS) is 1. The summed E-state index contributed by atoms with van der Waals surface area (Å²) in [6.45, 7) is 4.51. The average molecular weight is 211 g/mol. The summed E-state index contributed by atoms with van der Waals surface area (Å²) in [6.07, 6.45) is 1.94. The highest BCUT2D eigenvalue weighted by molar-refractivity contribution is 5.67. The first-order chi connectivity index (χ1) is 7.00. The molecule has 1 aromatic rings. The third kappa shape index (κ3) is 3.36. The number of hydrogen-bond donors (Lipinski definition) is 2. The topological polar surface area (TPSA) is 67.2 Å². The van der Waals surface area contributed by atoms with Crippen molar-refractivity contribution in [2.24, 2.45) is 7.05 Å². The zero-order valence-electron chi connectivity index (χ0n) is 9.32. The first-order valence-corrected chi connectivity index (χ1v) is 4.93. The molecule has 1 heterocycles. The minimum absolute atomic E-state index is 0.0258. The maximum atomic E-state index is 10.4. The lowest BCUT2D eigenvalue weighted by molar-refractivity contribution is -0.137.